The minimum Gasteiger partial charge on any atom is -0.485 e. The quantitative estimate of drug-likeness (QED) is 0.474. The Hall–Kier alpha value is -3.65. The molecule has 0 radical (unpaired) electrons. The van der Waals surface area contributed by atoms with E-state index in [0.717, 1.165) is 4.88 Å². The zero-order valence-electron chi connectivity index (χ0n) is 17.1. The molecule has 0 aliphatic carbocycles. The van der Waals surface area contributed by atoms with E-state index in [1.54, 1.807) is 43.5 Å². The predicted molar refractivity (Wildman–Crippen MR) is 120 cm³/mol. The molecule has 0 aliphatic heterocycles. The number of thiazole rings is 1. The van der Waals surface area contributed by atoms with E-state index in [9.17, 15) is 9.59 Å². The molecule has 8 heteroatoms. The molecule has 4 rings (SSSR count). The van der Waals surface area contributed by atoms with Crippen molar-refractivity contribution in [1.29, 1.82) is 0 Å². The van der Waals surface area contributed by atoms with Crippen LogP contribution in [0.4, 0.5) is 5.69 Å². The van der Waals surface area contributed by atoms with E-state index in [4.69, 9.17) is 9.47 Å². The number of para-hydroxylation sites is 3. The predicted octanol–water partition coefficient (Wildman–Crippen LogP) is 4.05. The minimum atomic E-state index is -0.693. The molecule has 1 atom stereocenters. The molecule has 0 spiro atoms. The largest absolute Gasteiger partial charge is 0.485 e. The Morgan fingerprint density at radius 3 is 2.71 bits per heavy atom. The number of carbonyl (C=O) groups is 1. The smallest absolute Gasteiger partial charge is 0.265 e. The first-order valence-corrected chi connectivity index (χ1v) is 10.5. The van der Waals surface area contributed by atoms with Crippen molar-refractivity contribution in [2.75, 3.05) is 5.32 Å². The summed E-state index contributed by atoms with van der Waals surface area (Å²) >= 11 is 1.44. The van der Waals surface area contributed by atoms with Gasteiger partial charge in [-0.05, 0) is 38.1 Å². The Kier molecular flexibility index (Phi) is 5.99. The number of fused-ring (bicyclic) bond motifs is 1. The van der Waals surface area contributed by atoms with Crippen molar-refractivity contribution < 1.29 is 14.3 Å². The second-order valence-corrected chi connectivity index (χ2v) is 8.14. The maximum Gasteiger partial charge on any atom is 0.265 e. The molecule has 2 aromatic carbocycles. The van der Waals surface area contributed by atoms with Gasteiger partial charge in [0.1, 0.15) is 18.1 Å². The standard InChI is InChI=1S/C23H21N3O4S/c1-15-13-26-21(27)12-17(24-23(26)31-15)14-29-20-11-7-6-10-19(20)25-22(28)16(2)30-18-8-4-3-5-9-18/h3-13,16H,14H2,1-2H3,(H,25,28)/t16-/m0/s1. The molecule has 0 fully saturated rings. The first-order valence-electron chi connectivity index (χ1n) is 9.73. The summed E-state index contributed by atoms with van der Waals surface area (Å²) in [5, 5.41) is 2.84. The second kappa shape index (κ2) is 9.01. The van der Waals surface area contributed by atoms with Crippen molar-refractivity contribution in [2.45, 2.75) is 26.6 Å². The number of benzene rings is 2. The topological polar surface area (TPSA) is 81.9 Å². The Balaban J connectivity index is 1.45. The fourth-order valence-electron chi connectivity index (χ4n) is 2.97. The lowest BCUT2D eigenvalue weighted by Crippen LogP contribution is -2.30. The number of ether oxygens (including phenoxy) is 2. The number of carbonyl (C=O) groups excluding carboxylic acids is 1. The highest BCUT2D eigenvalue weighted by molar-refractivity contribution is 7.16. The molecule has 2 heterocycles. The molecule has 0 aliphatic rings. The van der Waals surface area contributed by atoms with Crippen LogP contribution in [0.3, 0.4) is 0 Å². The van der Waals surface area contributed by atoms with Gasteiger partial charge in [0.2, 0.25) is 0 Å². The average molecular weight is 436 g/mol. The van der Waals surface area contributed by atoms with Crippen LogP contribution < -0.4 is 20.3 Å². The Bertz CT molecular complexity index is 1270. The van der Waals surface area contributed by atoms with Crippen LogP contribution in [0.5, 0.6) is 11.5 Å². The lowest BCUT2D eigenvalue weighted by molar-refractivity contribution is -0.122. The van der Waals surface area contributed by atoms with E-state index in [1.165, 1.54) is 21.8 Å². The van der Waals surface area contributed by atoms with Crippen LogP contribution >= 0.6 is 11.3 Å². The third-order valence-electron chi connectivity index (χ3n) is 4.48. The minimum absolute atomic E-state index is 0.103. The third-order valence-corrected chi connectivity index (χ3v) is 5.38. The summed E-state index contributed by atoms with van der Waals surface area (Å²) < 4.78 is 13.1. The molecule has 4 aromatic rings. The fourth-order valence-corrected chi connectivity index (χ4v) is 3.82. The summed E-state index contributed by atoms with van der Waals surface area (Å²) in [6, 6.07) is 17.7. The number of aromatic nitrogens is 2. The number of hydrogen-bond acceptors (Lipinski definition) is 6. The summed E-state index contributed by atoms with van der Waals surface area (Å²) in [7, 11) is 0. The van der Waals surface area contributed by atoms with Gasteiger partial charge in [0.15, 0.2) is 11.1 Å². The van der Waals surface area contributed by atoms with Crippen LogP contribution in [0.25, 0.3) is 4.96 Å². The van der Waals surface area contributed by atoms with Crippen LogP contribution in [0.15, 0.2) is 71.7 Å². The monoisotopic (exact) mass is 435 g/mol. The molecule has 0 saturated heterocycles. The van der Waals surface area contributed by atoms with Gasteiger partial charge in [0.25, 0.3) is 11.5 Å². The number of anilines is 1. The summed E-state index contributed by atoms with van der Waals surface area (Å²) in [4.78, 5) is 31.0. The van der Waals surface area contributed by atoms with Gasteiger partial charge in [-0.15, -0.1) is 11.3 Å². The molecule has 1 N–H and O–H groups in total. The molecule has 158 valence electrons. The molecule has 0 bridgehead atoms. The van der Waals surface area contributed by atoms with Gasteiger partial charge in [0.05, 0.1) is 11.4 Å². The van der Waals surface area contributed by atoms with Crippen molar-refractivity contribution in [1.82, 2.24) is 9.38 Å². The van der Waals surface area contributed by atoms with E-state index in [0.29, 0.717) is 27.8 Å². The van der Waals surface area contributed by atoms with Crippen LogP contribution in [0.2, 0.25) is 0 Å². The van der Waals surface area contributed by atoms with Crippen molar-refractivity contribution >= 4 is 27.9 Å². The number of nitrogens with one attached hydrogen (secondary N) is 1. The highest BCUT2D eigenvalue weighted by Gasteiger charge is 2.17. The van der Waals surface area contributed by atoms with Gasteiger partial charge in [-0.1, -0.05) is 30.3 Å². The number of nitrogens with zero attached hydrogens (tertiary/aromatic N) is 2. The maximum atomic E-state index is 12.6. The van der Waals surface area contributed by atoms with Crippen molar-refractivity contribution in [3.05, 3.63) is 87.8 Å². The van der Waals surface area contributed by atoms with Crippen molar-refractivity contribution in [3.8, 4) is 11.5 Å². The first-order chi connectivity index (χ1) is 15.0. The molecule has 1 amide bonds. The zero-order chi connectivity index (χ0) is 21.8. The second-order valence-electron chi connectivity index (χ2n) is 6.93. The van der Waals surface area contributed by atoms with Gasteiger partial charge in [-0.25, -0.2) is 4.98 Å². The van der Waals surface area contributed by atoms with Crippen molar-refractivity contribution in [3.63, 3.8) is 0 Å². The van der Waals surface area contributed by atoms with E-state index < -0.39 is 6.10 Å². The van der Waals surface area contributed by atoms with Gasteiger partial charge in [-0.3, -0.25) is 14.0 Å². The number of hydrogen-bond donors (Lipinski definition) is 1. The van der Waals surface area contributed by atoms with Gasteiger partial charge in [-0.2, -0.15) is 0 Å². The molecule has 7 nitrogen and oxygen atoms in total. The van der Waals surface area contributed by atoms with Crippen LogP contribution in [0, 0.1) is 6.92 Å². The van der Waals surface area contributed by atoms with Gasteiger partial charge >= 0.3 is 0 Å². The lowest BCUT2D eigenvalue weighted by Gasteiger charge is -2.16. The van der Waals surface area contributed by atoms with Crippen LogP contribution in [-0.2, 0) is 11.4 Å². The normalized spacial score (nSPS) is 11.8. The fraction of sp³-hybridized carbons (Fsp3) is 0.174. The van der Waals surface area contributed by atoms with E-state index in [1.807, 2.05) is 31.2 Å². The first kappa shape index (κ1) is 20.6. The Morgan fingerprint density at radius 1 is 1.16 bits per heavy atom. The number of aryl methyl sites for hydroxylation is 1. The van der Waals surface area contributed by atoms with Crippen molar-refractivity contribution in [2.24, 2.45) is 0 Å². The Labute approximate surface area is 182 Å². The highest BCUT2D eigenvalue weighted by Crippen LogP contribution is 2.25. The SMILES string of the molecule is Cc1cn2c(=O)cc(COc3ccccc3NC(=O)[C@H](C)Oc3ccccc3)nc2s1. The van der Waals surface area contributed by atoms with Gasteiger partial charge < -0.3 is 14.8 Å². The average Bonchev–Trinajstić information content (AvgIpc) is 3.14. The molecular weight excluding hydrogens is 414 g/mol. The summed E-state index contributed by atoms with van der Waals surface area (Å²) in [5.41, 5.74) is 0.885. The zero-order valence-corrected chi connectivity index (χ0v) is 17.9. The number of amides is 1. The summed E-state index contributed by atoms with van der Waals surface area (Å²) in [5.74, 6) is 0.796. The van der Waals surface area contributed by atoms with E-state index in [-0.39, 0.29) is 18.1 Å². The van der Waals surface area contributed by atoms with Crippen LogP contribution in [0.1, 0.15) is 17.5 Å². The van der Waals surface area contributed by atoms with Crippen LogP contribution in [-0.4, -0.2) is 21.4 Å². The summed E-state index contributed by atoms with van der Waals surface area (Å²) in [6.07, 6.45) is 1.07. The van der Waals surface area contributed by atoms with Gasteiger partial charge in [0, 0.05) is 17.1 Å². The van der Waals surface area contributed by atoms with E-state index in [2.05, 4.69) is 10.3 Å². The summed E-state index contributed by atoms with van der Waals surface area (Å²) in [6.45, 7) is 3.71. The highest BCUT2D eigenvalue weighted by atomic mass is 32.1. The molecular formula is C23H21N3O4S. The molecule has 0 saturated carbocycles. The molecule has 31 heavy (non-hydrogen) atoms. The van der Waals surface area contributed by atoms with E-state index >= 15 is 0 Å². The maximum absolute atomic E-state index is 12.6. The number of rotatable bonds is 7. The molecule has 0 unspecified atom stereocenters. The lowest BCUT2D eigenvalue weighted by atomic mass is 10.2. The third kappa shape index (κ3) is 4.92. The molecule has 2 aromatic heterocycles. The Morgan fingerprint density at radius 2 is 1.90 bits per heavy atom.